The van der Waals surface area contributed by atoms with Gasteiger partial charge in [-0.2, -0.15) is 0 Å². The molecule has 2 fully saturated rings. The third kappa shape index (κ3) is 4.44. The molecule has 4 rings (SSSR count). The van der Waals surface area contributed by atoms with E-state index in [4.69, 9.17) is 28.4 Å². The van der Waals surface area contributed by atoms with Crippen LogP contribution in [-0.2, 0) is 14.2 Å². The zero-order chi connectivity index (χ0) is 22.3. The molecule has 2 saturated heterocycles. The van der Waals surface area contributed by atoms with E-state index in [0.717, 1.165) is 0 Å². The molecule has 174 valence electrons. The summed E-state index contributed by atoms with van der Waals surface area (Å²) in [5.74, 6) is 1.25. The number of ether oxygens (including phenoxy) is 6. The average molecular weight is 446 g/mol. The van der Waals surface area contributed by atoms with Crippen molar-refractivity contribution in [2.24, 2.45) is 0 Å². The van der Waals surface area contributed by atoms with E-state index in [0.29, 0.717) is 11.5 Å². The van der Waals surface area contributed by atoms with E-state index < -0.39 is 61.4 Å². The summed E-state index contributed by atoms with van der Waals surface area (Å²) in [5, 5.41) is 60.4. The molecule has 1 aromatic carbocycles. The van der Waals surface area contributed by atoms with Gasteiger partial charge in [-0.3, -0.25) is 0 Å². The van der Waals surface area contributed by atoms with Gasteiger partial charge in [-0.25, -0.2) is 0 Å². The minimum atomic E-state index is -1.61. The Bertz CT molecular complexity index is 761. The normalized spacial score (nSPS) is 42.4. The SMILES string of the molecule is C[C@@H]1O[C@@H](OC[C@H]2O[C@@H](Oc3ccc4c(c3)OCO4)[C@H](O)[C@@H](O)[C@@H]2O)[C@H](O)[C@H](O)[C@H]1O. The number of hydrogen-bond donors (Lipinski definition) is 6. The highest BCUT2D eigenvalue weighted by Crippen LogP contribution is 2.36. The number of rotatable bonds is 5. The van der Waals surface area contributed by atoms with Crippen LogP contribution in [0.2, 0.25) is 0 Å². The van der Waals surface area contributed by atoms with Crippen molar-refractivity contribution in [1.29, 1.82) is 0 Å². The Labute approximate surface area is 177 Å². The largest absolute Gasteiger partial charge is 0.462 e. The van der Waals surface area contributed by atoms with Crippen LogP contribution < -0.4 is 14.2 Å². The van der Waals surface area contributed by atoms with E-state index >= 15 is 0 Å². The molecule has 1 aromatic rings. The van der Waals surface area contributed by atoms with Crippen LogP contribution in [0.25, 0.3) is 0 Å². The van der Waals surface area contributed by atoms with E-state index in [9.17, 15) is 30.6 Å². The fourth-order valence-electron chi connectivity index (χ4n) is 3.58. The molecule has 31 heavy (non-hydrogen) atoms. The second kappa shape index (κ2) is 9.02. The Kier molecular flexibility index (Phi) is 6.53. The highest BCUT2D eigenvalue weighted by molar-refractivity contribution is 5.46. The minimum absolute atomic E-state index is 0.0745. The van der Waals surface area contributed by atoms with Crippen LogP contribution in [-0.4, -0.2) is 105 Å². The van der Waals surface area contributed by atoms with Gasteiger partial charge in [0, 0.05) is 6.07 Å². The van der Waals surface area contributed by atoms with Gasteiger partial charge >= 0.3 is 0 Å². The molecule has 12 heteroatoms. The summed E-state index contributed by atoms with van der Waals surface area (Å²) in [6.07, 6.45) is -13.6. The van der Waals surface area contributed by atoms with Crippen LogP contribution in [0, 0.1) is 0 Å². The van der Waals surface area contributed by atoms with Gasteiger partial charge < -0.3 is 59.1 Å². The monoisotopic (exact) mass is 446 g/mol. The topological polar surface area (TPSA) is 177 Å². The van der Waals surface area contributed by atoms with Gasteiger partial charge in [0.05, 0.1) is 12.7 Å². The summed E-state index contributed by atoms with van der Waals surface area (Å²) in [6, 6.07) is 4.70. The van der Waals surface area contributed by atoms with Gasteiger partial charge in [-0.05, 0) is 19.1 Å². The number of benzene rings is 1. The average Bonchev–Trinajstić information content (AvgIpc) is 3.23. The van der Waals surface area contributed by atoms with E-state index in [1.807, 2.05) is 0 Å². The molecule has 3 aliphatic heterocycles. The second-order valence-electron chi connectivity index (χ2n) is 7.66. The maximum Gasteiger partial charge on any atom is 0.231 e. The minimum Gasteiger partial charge on any atom is -0.462 e. The highest BCUT2D eigenvalue weighted by Gasteiger charge is 2.47. The number of aliphatic hydroxyl groups excluding tert-OH is 6. The third-order valence-electron chi connectivity index (χ3n) is 5.50. The van der Waals surface area contributed by atoms with Crippen molar-refractivity contribution in [2.75, 3.05) is 13.4 Å². The number of fused-ring (bicyclic) bond motifs is 1. The van der Waals surface area contributed by atoms with E-state index in [1.54, 1.807) is 12.1 Å². The van der Waals surface area contributed by atoms with Crippen molar-refractivity contribution in [3.8, 4) is 17.2 Å². The molecule has 3 aliphatic rings. The van der Waals surface area contributed by atoms with Crippen molar-refractivity contribution in [3.63, 3.8) is 0 Å². The summed E-state index contributed by atoms with van der Waals surface area (Å²) >= 11 is 0. The van der Waals surface area contributed by atoms with Gasteiger partial charge in [0.15, 0.2) is 17.8 Å². The smallest absolute Gasteiger partial charge is 0.231 e. The van der Waals surface area contributed by atoms with Gasteiger partial charge in [0.1, 0.15) is 48.5 Å². The summed E-state index contributed by atoms with van der Waals surface area (Å²) in [7, 11) is 0. The maximum absolute atomic E-state index is 10.3. The van der Waals surface area contributed by atoms with Gasteiger partial charge in [-0.1, -0.05) is 0 Å². The Morgan fingerprint density at radius 2 is 1.48 bits per heavy atom. The van der Waals surface area contributed by atoms with Crippen molar-refractivity contribution >= 4 is 0 Å². The predicted molar refractivity (Wildman–Crippen MR) is 98.2 cm³/mol. The van der Waals surface area contributed by atoms with Crippen LogP contribution in [0.4, 0.5) is 0 Å². The van der Waals surface area contributed by atoms with Crippen LogP contribution in [0.1, 0.15) is 6.92 Å². The van der Waals surface area contributed by atoms with Gasteiger partial charge in [0.2, 0.25) is 13.1 Å². The second-order valence-corrected chi connectivity index (χ2v) is 7.66. The number of hydrogen-bond acceptors (Lipinski definition) is 12. The molecule has 10 atom stereocenters. The Balaban J connectivity index is 1.40. The fraction of sp³-hybridized carbons (Fsp3) is 0.684. The first kappa shape index (κ1) is 22.5. The first-order valence-corrected chi connectivity index (χ1v) is 9.83. The van der Waals surface area contributed by atoms with Crippen molar-refractivity contribution in [2.45, 2.75) is 68.3 Å². The van der Waals surface area contributed by atoms with Crippen molar-refractivity contribution in [3.05, 3.63) is 18.2 Å². The Morgan fingerprint density at radius 3 is 2.26 bits per heavy atom. The number of aliphatic hydroxyl groups is 6. The van der Waals surface area contributed by atoms with Crippen LogP contribution in [0.3, 0.4) is 0 Å². The quantitative estimate of drug-likeness (QED) is 0.279. The van der Waals surface area contributed by atoms with E-state index in [-0.39, 0.29) is 19.1 Å². The molecule has 3 heterocycles. The zero-order valence-corrected chi connectivity index (χ0v) is 16.6. The first-order valence-electron chi connectivity index (χ1n) is 9.83. The molecule has 0 unspecified atom stereocenters. The lowest BCUT2D eigenvalue weighted by atomic mass is 9.98. The molecule has 0 amide bonds. The fourth-order valence-corrected chi connectivity index (χ4v) is 3.58. The highest BCUT2D eigenvalue weighted by atomic mass is 16.7. The Hall–Kier alpha value is -1.74. The summed E-state index contributed by atoms with van der Waals surface area (Å²) < 4.78 is 32.4. The third-order valence-corrected chi connectivity index (χ3v) is 5.50. The lowest BCUT2D eigenvalue weighted by molar-refractivity contribution is -0.318. The lowest BCUT2D eigenvalue weighted by Gasteiger charge is -2.42. The zero-order valence-electron chi connectivity index (χ0n) is 16.6. The molecule has 0 saturated carbocycles. The molecule has 0 spiro atoms. The van der Waals surface area contributed by atoms with Crippen LogP contribution >= 0.6 is 0 Å². The summed E-state index contributed by atoms with van der Waals surface area (Å²) in [6.45, 7) is 1.20. The Morgan fingerprint density at radius 1 is 0.806 bits per heavy atom. The predicted octanol–water partition coefficient (Wildman–Crippen LogP) is -2.55. The van der Waals surface area contributed by atoms with Gasteiger partial charge in [0.25, 0.3) is 0 Å². The van der Waals surface area contributed by atoms with E-state index in [1.165, 1.54) is 13.0 Å². The lowest BCUT2D eigenvalue weighted by Crippen LogP contribution is -2.61. The molecule has 0 radical (unpaired) electrons. The van der Waals surface area contributed by atoms with Crippen molar-refractivity contribution in [1.82, 2.24) is 0 Å². The molecular formula is C19H26O12. The molecule has 6 N–H and O–H groups in total. The first-order chi connectivity index (χ1) is 14.8. The summed E-state index contributed by atoms with van der Waals surface area (Å²) in [5.41, 5.74) is 0. The summed E-state index contributed by atoms with van der Waals surface area (Å²) in [4.78, 5) is 0. The maximum atomic E-state index is 10.3. The standard InChI is InChI=1S/C19H26O12/c1-7-12(20)14(22)16(24)18(29-7)26-5-11-13(21)15(23)17(25)19(31-11)30-8-2-3-9-10(4-8)28-6-27-9/h2-4,7,11-25H,5-6H2,1H3/t7-,11+,12-,13+,14+,15-,16+,17+,18+,19+/m0/s1. The molecular weight excluding hydrogens is 420 g/mol. The molecule has 0 bridgehead atoms. The van der Waals surface area contributed by atoms with Crippen molar-refractivity contribution < 1.29 is 59.1 Å². The van der Waals surface area contributed by atoms with Gasteiger partial charge in [-0.15, -0.1) is 0 Å². The van der Waals surface area contributed by atoms with Crippen LogP contribution in [0.15, 0.2) is 18.2 Å². The molecule has 12 nitrogen and oxygen atoms in total. The van der Waals surface area contributed by atoms with E-state index in [2.05, 4.69) is 0 Å². The molecule has 0 aliphatic carbocycles. The molecule has 0 aromatic heterocycles. The van der Waals surface area contributed by atoms with Crippen LogP contribution in [0.5, 0.6) is 17.2 Å².